The maximum atomic E-state index is 3.47. The summed E-state index contributed by atoms with van der Waals surface area (Å²) in [5.74, 6) is 1.04. The van der Waals surface area contributed by atoms with E-state index in [1.54, 1.807) is 11.3 Å². The van der Waals surface area contributed by atoms with Gasteiger partial charge in [-0.05, 0) is 74.2 Å². The lowest BCUT2D eigenvalue weighted by Crippen LogP contribution is -2.38. The van der Waals surface area contributed by atoms with Crippen molar-refractivity contribution >= 4 is 34.0 Å². The molecule has 0 unspecified atom stereocenters. The summed E-state index contributed by atoms with van der Waals surface area (Å²) in [6.07, 6.45) is 3.30. The predicted molar refractivity (Wildman–Crippen MR) is 113 cm³/mol. The second kappa shape index (κ2) is 8.43. The Labute approximate surface area is 159 Å². The molecule has 0 aliphatic heterocycles. The molecule has 0 saturated carbocycles. The molecule has 3 aromatic rings. The van der Waals surface area contributed by atoms with Crippen LogP contribution in [0.15, 0.2) is 46.1 Å². The first-order chi connectivity index (χ1) is 12.1. The van der Waals surface area contributed by atoms with Gasteiger partial charge < -0.3 is 4.98 Å². The van der Waals surface area contributed by atoms with Gasteiger partial charge in [0.15, 0.2) is 0 Å². The number of nitrogens with zero attached hydrogens (tertiary/aromatic N) is 1. The standard InChI is InChI=1S/C21H28N2S2/c1-15(2)23(16(3)4)10-8-18-12-22-19-6-5-7-20(21(18)19)25-14-17-9-11-24-13-17/h5-7,9,11-13,15-16,22H,8,10,14H2,1-4H3. The normalized spacial score (nSPS) is 12.1. The topological polar surface area (TPSA) is 19.0 Å². The fraction of sp³-hybridized carbons (Fsp3) is 0.429. The number of hydrogen-bond acceptors (Lipinski definition) is 3. The summed E-state index contributed by atoms with van der Waals surface area (Å²) < 4.78 is 0. The van der Waals surface area contributed by atoms with Crippen LogP contribution in [0.4, 0.5) is 0 Å². The lowest BCUT2D eigenvalue weighted by atomic mass is 10.1. The molecule has 1 aromatic carbocycles. The van der Waals surface area contributed by atoms with Crippen molar-refractivity contribution in [2.45, 2.75) is 56.8 Å². The highest BCUT2D eigenvalue weighted by Gasteiger charge is 2.15. The molecular formula is C21H28N2S2. The molecule has 0 radical (unpaired) electrons. The van der Waals surface area contributed by atoms with Crippen LogP contribution in [0.5, 0.6) is 0 Å². The van der Waals surface area contributed by atoms with Gasteiger partial charge in [0, 0.05) is 46.4 Å². The van der Waals surface area contributed by atoms with Crippen LogP contribution >= 0.6 is 23.1 Å². The summed E-state index contributed by atoms with van der Waals surface area (Å²) >= 11 is 3.72. The van der Waals surface area contributed by atoms with Crippen LogP contribution in [0.3, 0.4) is 0 Å². The molecule has 0 aliphatic rings. The van der Waals surface area contributed by atoms with Crippen molar-refractivity contribution in [3.05, 3.63) is 52.3 Å². The first-order valence-corrected chi connectivity index (χ1v) is 11.0. The van der Waals surface area contributed by atoms with Crippen molar-refractivity contribution in [1.82, 2.24) is 9.88 Å². The molecule has 2 aromatic heterocycles. The molecule has 0 bridgehead atoms. The molecule has 0 atom stereocenters. The third-order valence-electron chi connectivity index (χ3n) is 4.69. The molecule has 2 heterocycles. The predicted octanol–water partition coefficient (Wildman–Crippen LogP) is 6.18. The number of hydrogen-bond donors (Lipinski definition) is 1. The summed E-state index contributed by atoms with van der Waals surface area (Å²) in [6.45, 7) is 10.3. The van der Waals surface area contributed by atoms with Gasteiger partial charge >= 0.3 is 0 Å². The molecule has 0 amide bonds. The Kier molecular flexibility index (Phi) is 6.26. The average molecular weight is 373 g/mol. The van der Waals surface area contributed by atoms with Crippen LogP contribution in [-0.4, -0.2) is 28.5 Å². The Morgan fingerprint density at radius 1 is 1.12 bits per heavy atom. The molecule has 134 valence electrons. The zero-order valence-electron chi connectivity index (χ0n) is 15.6. The van der Waals surface area contributed by atoms with Crippen molar-refractivity contribution < 1.29 is 0 Å². The highest BCUT2D eigenvalue weighted by Crippen LogP contribution is 2.33. The van der Waals surface area contributed by atoms with E-state index in [4.69, 9.17) is 0 Å². The van der Waals surface area contributed by atoms with Gasteiger partial charge in [-0.15, -0.1) is 11.8 Å². The molecule has 0 saturated heterocycles. The van der Waals surface area contributed by atoms with E-state index >= 15 is 0 Å². The van der Waals surface area contributed by atoms with E-state index in [0.29, 0.717) is 12.1 Å². The number of thioether (sulfide) groups is 1. The molecule has 0 spiro atoms. The van der Waals surface area contributed by atoms with Crippen molar-refractivity contribution in [3.8, 4) is 0 Å². The number of fused-ring (bicyclic) bond motifs is 1. The third kappa shape index (κ3) is 4.49. The van der Waals surface area contributed by atoms with E-state index in [-0.39, 0.29) is 0 Å². The van der Waals surface area contributed by atoms with E-state index in [9.17, 15) is 0 Å². The van der Waals surface area contributed by atoms with Crippen molar-refractivity contribution in [3.63, 3.8) is 0 Å². The molecule has 4 heteroatoms. The van der Waals surface area contributed by atoms with E-state index < -0.39 is 0 Å². The minimum Gasteiger partial charge on any atom is -0.361 e. The number of rotatable bonds is 8. The van der Waals surface area contributed by atoms with Gasteiger partial charge in [-0.25, -0.2) is 0 Å². The minimum atomic E-state index is 0.581. The maximum Gasteiger partial charge on any atom is 0.0468 e. The van der Waals surface area contributed by atoms with Crippen molar-refractivity contribution in [1.29, 1.82) is 0 Å². The Morgan fingerprint density at radius 2 is 1.92 bits per heavy atom. The SMILES string of the molecule is CC(C)N(CCc1c[nH]c2cccc(SCc3ccsc3)c12)C(C)C. The Hall–Kier alpha value is -1.23. The zero-order valence-corrected chi connectivity index (χ0v) is 17.2. The van der Waals surface area contributed by atoms with Crippen LogP contribution in [-0.2, 0) is 12.2 Å². The summed E-state index contributed by atoms with van der Waals surface area (Å²) in [5, 5.41) is 5.81. The molecule has 25 heavy (non-hydrogen) atoms. The van der Waals surface area contributed by atoms with E-state index in [1.807, 2.05) is 11.8 Å². The Balaban J connectivity index is 1.79. The maximum absolute atomic E-state index is 3.47. The van der Waals surface area contributed by atoms with E-state index in [2.05, 4.69) is 78.8 Å². The van der Waals surface area contributed by atoms with Gasteiger partial charge in [0.2, 0.25) is 0 Å². The smallest absolute Gasteiger partial charge is 0.0468 e. The molecule has 3 rings (SSSR count). The summed E-state index contributed by atoms with van der Waals surface area (Å²) in [5.41, 5.74) is 4.11. The number of aromatic amines is 1. The quantitative estimate of drug-likeness (QED) is 0.476. The van der Waals surface area contributed by atoms with Crippen molar-refractivity contribution in [2.24, 2.45) is 0 Å². The van der Waals surface area contributed by atoms with Gasteiger partial charge in [0.05, 0.1) is 0 Å². The van der Waals surface area contributed by atoms with Crippen LogP contribution in [0, 0.1) is 0 Å². The number of benzene rings is 1. The molecule has 2 nitrogen and oxygen atoms in total. The fourth-order valence-corrected chi connectivity index (χ4v) is 5.27. The second-order valence-electron chi connectivity index (χ2n) is 7.09. The molecule has 0 aliphatic carbocycles. The summed E-state index contributed by atoms with van der Waals surface area (Å²) in [6, 6.07) is 10.00. The van der Waals surface area contributed by atoms with Gasteiger partial charge in [0.25, 0.3) is 0 Å². The highest BCUT2D eigenvalue weighted by atomic mass is 32.2. The zero-order chi connectivity index (χ0) is 17.8. The first-order valence-electron chi connectivity index (χ1n) is 9.05. The van der Waals surface area contributed by atoms with Gasteiger partial charge in [0.1, 0.15) is 0 Å². The number of thiophene rings is 1. The van der Waals surface area contributed by atoms with E-state index in [1.165, 1.54) is 26.9 Å². The minimum absolute atomic E-state index is 0.581. The van der Waals surface area contributed by atoms with Gasteiger partial charge in [-0.3, -0.25) is 4.90 Å². The monoisotopic (exact) mass is 372 g/mol. The molecule has 0 fully saturated rings. The average Bonchev–Trinajstić information content (AvgIpc) is 3.22. The number of H-pyrrole nitrogens is 1. The van der Waals surface area contributed by atoms with Crippen LogP contribution in [0.1, 0.15) is 38.8 Å². The van der Waals surface area contributed by atoms with Gasteiger partial charge in [-0.2, -0.15) is 11.3 Å². The highest BCUT2D eigenvalue weighted by molar-refractivity contribution is 7.98. The van der Waals surface area contributed by atoms with Crippen LogP contribution in [0.2, 0.25) is 0 Å². The number of aromatic nitrogens is 1. The summed E-state index contributed by atoms with van der Waals surface area (Å²) in [4.78, 5) is 7.43. The lowest BCUT2D eigenvalue weighted by Gasteiger charge is -2.30. The largest absolute Gasteiger partial charge is 0.361 e. The van der Waals surface area contributed by atoms with Gasteiger partial charge in [-0.1, -0.05) is 6.07 Å². The second-order valence-corrected chi connectivity index (χ2v) is 8.89. The Bertz CT molecular complexity index is 779. The molecule has 1 N–H and O–H groups in total. The summed E-state index contributed by atoms with van der Waals surface area (Å²) in [7, 11) is 0. The Morgan fingerprint density at radius 3 is 2.60 bits per heavy atom. The van der Waals surface area contributed by atoms with Crippen LogP contribution in [0.25, 0.3) is 10.9 Å². The van der Waals surface area contributed by atoms with Crippen molar-refractivity contribution in [2.75, 3.05) is 6.54 Å². The van der Waals surface area contributed by atoms with Crippen LogP contribution < -0.4 is 0 Å². The fourth-order valence-electron chi connectivity index (χ4n) is 3.44. The third-order valence-corrected chi connectivity index (χ3v) is 6.55. The lowest BCUT2D eigenvalue weighted by molar-refractivity contribution is 0.177. The first kappa shape index (κ1) is 18.6. The molecular weight excluding hydrogens is 344 g/mol. The number of nitrogens with one attached hydrogen (secondary N) is 1. The van der Waals surface area contributed by atoms with E-state index in [0.717, 1.165) is 18.7 Å².